The minimum atomic E-state index is -0.176. The van der Waals surface area contributed by atoms with Gasteiger partial charge in [-0.05, 0) is 26.3 Å². The second-order valence-electron chi connectivity index (χ2n) is 2.80. The van der Waals surface area contributed by atoms with Crippen LogP contribution in [-0.4, -0.2) is 23.8 Å². The summed E-state index contributed by atoms with van der Waals surface area (Å²) in [6.45, 7) is 2.93. The van der Waals surface area contributed by atoms with Gasteiger partial charge in [-0.2, -0.15) is 0 Å². The molecule has 0 saturated carbocycles. The Morgan fingerprint density at radius 1 is 1.50 bits per heavy atom. The summed E-state index contributed by atoms with van der Waals surface area (Å²) in [5.74, 6) is 0. The van der Waals surface area contributed by atoms with Gasteiger partial charge in [0, 0.05) is 6.04 Å². The third-order valence-electron chi connectivity index (χ3n) is 1.93. The largest absolute Gasteiger partial charge is 0.392 e. The van der Waals surface area contributed by atoms with Gasteiger partial charge in [0.05, 0.1) is 6.10 Å². The van der Waals surface area contributed by atoms with Crippen molar-refractivity contribution in [3.05, 3.63) is 0 Å². The number of rotatable bonds is 1. The Balaban J connectivity index is 0.000000810. The van der Waals surface area contributed by atoms with Crippen LogP contribution in [0.5, 0.6) is 0 Å². The Morgan fingerprint density at radius 2 is 2.20 bits per heavy atom. The lowest BCUT2D eigenvalue weighted by molar-refractivity contribution is 0.130. The fraction of sp³-hybridized carbons (Fsp3) is 1.00. The Bertz CT molecular complexity index is 81.7. The van der Waals surface area contributed by atoms with Gasteiger partial charge < -0.3 is 10.4 Å². The normalized spacial score (nSPS) is 28.8. The van der Waals surface area contributed by atoms with Gasteiger partial charge in [-0.1, -0.05) is 6.42 Å². The number of halogens is 1. The number of nitrogens with one attached hydrogen (secondary N) is 1. The molecule has 1 aliphatic rings. The summed E-state index contributed by atoms with van der Waals surface area (Å²) < 4.78 is 0. The summed E-state index contributed by atoms with van der Waals surface area (Å²) in [6.07, 6.45) is 3.49. The van der Waals surface area contributed by atoms with Crippen molar-refractivity contribution in [3.63, 3.8) is 0 Å². The van der Waals surface area contributed by atoms with Crippen molar-refractivity contribution in [2.45, 2.75) is 38.3 Å². The molecule has 0 aromatic carbocycles. The van der Waals surface area contributed by atoms with Crippen LogP contribution in [0.1, 0.15) is 26.2 Å². The van der Waals surface area contributed by atoms with Crippen molar-refractivity contribution in [1.82, 2.24) is 5.32 Å². The molecular formula is C7H16ClNO. The molecule has 2 nitrogen and oxygen atoms in total. The Hall–Kier alpha value is 0.210. The molecule has 2 N–H and O–H groups in total. The highest BCUT2D eigenvalue weighted by atomic mass is 35.5. The third kappa shape index (κ3) is 2.86. The highest BCUT2D eigenvalue weighted by Gasteiger charge is 2.16. The van der Waals surface area contributed by atoms with E-state index >= 15 is 0 Å². The van der Waals surface area contributed by atoms with Crippen molar-refractivity contribution in [1.29, 1.82) is 0 Å². The van der Waals surface area contributed by atoms with E-state index in [1.807, 2.05) is 6.92 Å². The van der Waals surface area contributed by atoms with E-state index in [-0.39, 0.29) is 18.5 Å². The number of aliphatic hydroxyl groups excluding tert-OH is 1. The van der Waals surface area contributed by atoms with Gasteiger partial charge in [-0.25, -0.2) is 0 Å². The van der Waals surface area contributed by atoms with Crippen LogP contribution in [-0.2, 0) is 0 Å². The van der Waals surface area contributed by atoms with Crippen LogP contribution in [0.25, 0.3) is 0 Å². The standard InChI is InChI=1S/C7H15NO.ClH/c1-6(9)7-4-2-3-5-8-7;/h6-9H,2-5H2,1H3;1H. The second-order valence-corrected chi connectivity index (χ2v) is 2.80. The molecule has 1 fully saturated rings. The van der Waals surface area contributed by atoms with Crippen LogP contribution in [0.4, 0.5) is 0 Å². The summed E-state index contributed by atoms with van der Waals surface area (Å²) in [6, 6.07) is 0.360. The summed E-state index contributed by atoms with van der Waals surface area (Å²) in [4.78, 5) is 0. The first-order chi connectivity index (χ1) is 4.30. The van der Waals surface area contributed by atoms with Gasteiger partial charge in [0.2, 0.25) is 0 Å². The zero-order valence-electron chi connectivity index (χ0n) is 6.34. The monoisotopic (exact) mass is 165 g/mol. The molecule has 0 aromatic heterocycles. The van der Waals surface area contributed by atoms with Crippen LogP contribution < -0.4 is 5.32 Å². The molecule has 62 valence electrons. The molecule has 0 aliphatic carbocycles. The topological polar surface area (TPSA) is 32.3 Å². The van der Waals surface area contributed by atoms with E-state index < -0.39 is 0 Å². The van der Waals surface area contributed by atoms with E-state index in [2.05, 4.69) is 5.32 Å². The summed E-state index contributed by atoms with van der Waals surface area (Å²) in [5, 5.41) is 12.4. The predicted molar refractivity (Wildman–Crippen MR) is 44.6 cm³/mol. The first kappa shape index (κ1) is 10.2. The lowest BCUT2D eigenvalue weighted by Crippen LogP contribution is -2.41. The molecule has 3 heteroatoms. The zero-order valence-corrected chi connectivity index (χ0v) is 7.16. The predicted octanol–water partition coefficient (Wildman–Crippen LogP) is 0.931. The van der Waals surface area contributed by atoms with E-state index in [4.69, 9.17) is 5.11 Å². The number of aliphatic hydroxyl groups is 1. The van der Waals surface area contributed by atoms with Gasteiger partial charge in [0.25, 0.3) is 0 Å². The molecule has 1 heterocycles. The molecular weight excluding hydrogens is 150 g/mol. The van der Waals surface area contributed by atoms with Crippen LogP contribution in [0.2, 0.25) is 0 Å². The minimum absolute atomic E-state index is 0. The molecule has 0 aromatic rings. The molecule has 0 spiro atoms. The molecule has 0 radical (unpaired) electrons. The van der Waals surface area contributed by atoms with E-state index in [0.717, 1.165) is 13.0 Å². The van der Waals surface area contributed by atoms with Crippen LogP contribution in [0, 0.1) is 0 Å². The van der Waals surface area contributed by atoms with Crippen LogP contribution in [0.15, 0.2) is 0 Å². The third-order valence-corrected chi connectivity index (χ3v) is 1.93. The van der Waals surface area contributed by atoms with Crippen molar-refractivity contribution in [3.8, 4) is 0 Å². The van der Waals surface area contributed by atoms with E-state index in [1.54, 1.807) is 0 Å². The maximum atomic E-state index is 9.11. The fourth-order valence-corrected chi connectivity index (χ4v) is 1.29. The highest BCUT2D eigenvalue weighted by molar-refractivity contribution is 5.85. The van der Waals surface area contributed by atoms with Gasteiger partial charge >= 0.3 is 0 Å². The Labute approximate surface area is 68.4 Å². The van der Waals surface area contributed by atoms with Crippen LogP contribution in [0.3, 0.4) is 0 Å². The smallest absolute Gasteiger partial charge is 0.0665 e. The molecule has 1 saturated heterocycles. The SMILES string of the molecule is CC(O)C1CCCCN1.Cl. The van der Waals surface area contributed by atoms with Gasteiger partial charge in [0.1, 0.15) is 0 Å². The highest BCUT2D eigenvalue weighted by Crippen LogP contribution is 2.09. The molecule has 2 atom stereocenters. The van der Waals surface area contributed by atoms with Crippen molar-refractivity contribution >= 4 is 12.4 Å². The molecule has 10 heavy (non-hydrogen) atoms. The number of hydrogen-bond donors (Lipinski definition) is 2. The first-order valence-electron chi connectivity index (χ1n) is 3.72. The number of hydrogen-bond acceptors (Lipinski definition) is 2. The van der Waals surface area contributed by atoms with Crippen molar-refractivity contribution < 1.29 is 5.11 Å². The Kier molecular flexibility index (Phi) is 5.04. The second kappa shape index (κ2) is 4.94. The van der Waals surface area contributed by atoms with Gasteiger partial charge in [0.15, 0.2) is 0 Å². The summed E-state index contributed by atoms with van der Waals surface area (Å²) in [5.41, 5.74) is 0. The Morgan fingerprint density at radius 3 is 2.50 bits per heavy atom. The summed E-state index contributed by atoms with van der Waals surface area (Å²) >= 11 is 0. The quantitative estimate of drug-likeness (QED) is 0.606. The summed E-state index contributed by atoms with van der Waals surface area (Å²) in [7, 11) is 0. The minimum Gasteiger partial charge on any atom is -0.392 e. The van der Waals surface area contributed by atoms with E-state index in [1.165, 1.54) is 12.8 Å². The molecule has 0 bridgehead atoms. The van der Waals surface area contributed by atoms with Gasteiger partial charge in [-0.3, -0.25) is 0 Å². The maximum Gasteiger partial charge on any atom is 0.0665 e. The average molecular weight is 166 g/mol. The van der Waals surface area contributed by atoms with Crippen LogP contribution >= 0.6 is 12.4 Å². The van der Waals surface area contributed by atoms with Crippen molar-refractivity contribution in [2.24, 2.45) is 0 Å². The fourth-order valence-electron chi connectivity index (χ4n) is 1.29. The lowest BCUT2D eigenvalue weighted by Gasteiger charge is -2.25. The zero-order chi connectivity index (χ0) is 6.69. The molecule has 1 aliphatic heterocycles. The first-order valence-corrected chi connectivity index (χ1v) is 3.72. The molecule has 0 amide bonds. The van der Waals surface area contributed by atoms with E-state index in [9.17, 15) is 0 Å². The lowest BCUT2D eigenvalue weighted by atomic mass is 10.0. The van der Waals surface area contributed by atoms with Gasteiger partial charge in [-0.15, -0.1) is 12.4 Å². The average Bonchev–Trinajstić information content (AvgIpc) is 1.90. The number of piperidine rings is 1. The van der Waals surface area contributed by atoms with E-state index in [0.29, 0.717) is 6.04 Å². The maximum absolute atomic E-state index is 9.11. The van der Waals surface area contributed by atoms with Crippen molar-refractivity contribution in [2.75, 3.05) is 6.54 Å². The molecule has 2 unspecified atom stereocenters. The molecule has 1 rings (SSSR count).